The molecule has 0 radical (unpaired) electrons. The van der Waals surface area contributed by atoms with Crippen LogP contribution in [0.5, 0.6) is 0 Å². The van der Waals surface area contributed by atoms with Crippen LogP contribution >= 0.6 is 11.6 Å². The lowest BCUT2D eigenvalue weighted by molar-refractivity contribution is -0.398. The molecular formula is C50H61ClO13. The van der Waals surface area contributed by atoms with Crippen LogP contribution in [-0.2, 0) is 72.0 Å². The zero-order chi connectivity index (χ0) is 44.5. The smallest absolute Gasteiger partial charge is 0.305 e. The van der Waals surface area contributed by atoms with Crippen LogP contribution < -0.4 is 0 Å². The number of hydrogen-bond donors (Lipinski definition) is 2. The number of methoxy groups -OCH3 is 1. The van der Waals surface area contributed by atoms with Crippen molar-refractivity contribution in [1.82, 2.24) is 0 Å². The summed E-state index contributed by atoms with van der Waals surface area (Å²) >= 11 is 6.57. The van der Waals surface area contributed by atoms with Crippen LogP contribution in [0.4, 0.5) is 0 Å². The number of unbranched alkanes of at least 4 members (excludes halogenated alkanes) is 5. The molecule has 4 aromatic carbocycles. The minimum Gasteiger partial charge on any atom is -0.469 e. The first-order chi connectivity index (χ1) is 31.4. The first-order valence-corrected chi connectivity index (χ1v) is 22.7. The van der Waals surface area contributed by atoms with Gasteiger partial charge in [0.2, 0.25) is 0 Å². The standard InChI is InChI=1S/C50H61ClO13/c1-55-39(52)28-18-4-2-3-5-19-29-56-49-42(40(53)41-38(61-49)33-60-48(62-41)37-26-16-9-17-27-37)63-50-46(59-32-36-24-14-8-15-25-36)44(58-31-35-22-12-7-13-23-35)43(45(64-50)47(51)54)57-30-34-20-10-6-11-21-34/h6-17,20-27,38,40-50,53-54H,2-5,18-19,28-33H2,1H3/t38-,40+,41-,42-,43+,44+,45+,46-,47?,48?,49+,50+/m1/s1. The Morgan fingerprint density at radius 2 is 1.17 bits per heavy atom. The van der Waals surface area contributed by atoms with E-state index in [4.69, 9.17) is 59.0 Å². The molecule has 3 saturated heterocycles. The quantitative estimate of drug-likeness (QED) is 0.0430. The Labute approximate surface area is 380 Å². The van der Waals surface area contributed by atoms with E-state index in [-0.39, 0.29) is 32.4 Å². The van der Waals surface area contributed by atoms with E-state index in [0.717, 1.165) is 60.8 Å². The van der Waals surface area contributed by atoms with E-state index in [9.17, 15) is 15.0 Å². The molecule has 0 aliphatic carbocycles. The van der Waals surface area contributed by atoms with Gasteiger partial charge in [0, 0.05) is 18.6 Å². The Balaban J connectivity index is 1.15. The van der Waals surface area contributed by atoms with Crippen molar-refractivity contribution in [2.75, 3.05) is 20.3 Å². The van der Waals surface area contributed by atoms with Gasteiger partial charge in [-0.25, -0.2) is 0 Å². The molecular weight excluding hydrogens is 844 g/mol. The summed E-state index contributed by atoms with van der Waals surface area (Å²) in [6, 6.07) is 38.5. The monoisotopic (exact) mass is 904 g/mol. The molecule has 12 atom stereocenters. The first kappa shape index (κ1) is 48.1. The van der Waals surface area contributed by atoms with Crippen LogP contribution in [0.2, 0.25) is 0 Å². The average molecular weight is 905 g/mol. The summed E-state index contributed by atoms with van der Waals surface area (Å²) in [4.78, 5) is 11.5. The number of carbonyl (C=O) groups is 1. The third-order valence-corrected chi connectivity index (χ3v) is 11.9. The van der Waals surface area contributed by atoms with Crippen molar-refractivity contribution in [2.24, 2.45) is 0 Å². The average Bonchev–Trinajstić information content (AvgIpc) is 3.33. The SMILES string of the molecule is COC(=O)CCCCCCCCO[C@H]1O[C@@H]2COC(c3ccccc3)O[C@H]2[C@H](O)[C@H]1O[C@H]1O[C@H](C(O)Cl)[C@@H](OCc2ccccc2)[C@H](OCc2ccccc2)[C@H]1OCc1ccccc1. The number of alkyl halides is 1. The Kier molecular flexibility index (Phi) is 19.0. The maximum atomic E-state index is 12.3. The minimum absolute atomic E-state index is 0.137. The Morgan fingerprint density at radius 3 is 1.75 bits per heavy atom. The number of aliphatic hydroxyl groups excluding tert-OH is 2. The highest BCUT2D eigenvalue weighted by molar-refractivity contribution is 6.19. The Bertz CT molecular complexity index is 1910. The van der Waals surface area contributed by atoms with Crippen molar-refractivity contribution in [1.29, 1.82) is 0 Å². The molecule has 346 valence electrons. The fourth-order valence-corrected chi connectivity index (χ4v) is 8.39. The fourth-order valence-electron chi connectivity index (χ4n) is 8.18. The molecule has 13 nitrogen and oxygen atoms in total. The number of ether oxygens (including phenoxy) is 10. The number of rotatable bonds is 23. The summed E-state index contributed by atoms with van der Waals surface area (Å²) in [5, 5.41) is 23.5. The molecule has 3 aliphatic rings. The summed E-state index contributed by atoms with van der Waals surface area (Å²) < 4.78 is 63.8. The fraction of sp³-hybridized carbons (Fsp3) is 0.500. The minimum atomic E-state index is -1.56. The van der Waals surface area contributed by atoms with Crippen LogP contribution in [0.1, 0.15) is 73.5 Å². The number of aliphatic hydroxyl groups is 2. The maximum Gasteiger partial charge on any atom is 0.305 e. The molecule has 3 heterocycles. The summed E-state index contributed by atoms with van der Waals surface area (Å²) in [6.45, 7) is 0.936. The van der Waals surface area contributed by atoms with Gasteiger partial charge in [0.1, 0.15) is 48.8 Å². The van der Waals surface area contributed by atoms with Crippen molar-refractivity contribution >= 4 is 17.6 Å². The number of hydrogen-bond acceptors (Lipinski definition) is 13. The molecule has 0 bridgehead atoms. The molecule has 2 unspecified atom stereocenters. The van der Waals surface area contributed by atoms with Gasteiger partial charge in [-0.2, -0.15) is 0 Å². The molecule has 0 saturated carbocycles. The predicted octanol–water partition coefficient (Wildman–Crippen LogP) is 7.53. The van der Waals surface area contributed by atoms with E-state index in [1.165, 1.54) is 7.11 Å². The molecule has 7 rings (SSSR count). The molecule has 0 spiro atoms. The lowest BCUT2D eigenvalue weighted by Gasteiger charge is -2.50. The van der Waals surface area contributed by atoms with E-state index in [0.29, 0.717) is 13.0 Å². The summed E-state index contributed by atoms with van der Waals surface area (Å²) in [5.41, 5.74) is 1.92. The highest BCUT2D eigenvalue weighted by Crippen LogP contribution is 2.39. The number of esters is 1. The second-order valence-electron chi connectivity index (χ2n) is 16.3. The van der Waals surface area contributed by atoms with Gasteiger partial charge in [-0.1, -0.05) is 159 Å². The molecule has 14 heteroatoms. The van der Waals surface area contributed by atoms with Crippen molar-refractivity contribution < 1.29 is 62.4 Å². The Morgan fingerprint density at radius 1 is 0.641 bits per heavy atom. The molecule has 0 aromatic heterocycles. The third-order valence-electron chi connectivity index (χ3n) is 11.6. The predicted molar refractivity (Wildman–Crippen MR) is 235 cm³/mol. The molecule has 3 aliphatic heterocycles. The van der Waals surface area contributed by atoms with Crippen LogP contribution in [0.25, 0.3) is 0 Å². The van der Waals surface area contributed by atoms with Crippen molar-refractivity contribution in [3.05, 3.63) is 144 Å². The van der Waals surface area contributed by atoms with Gasteiger partial charge in [-0.05, 0) is 29.5 Å². The topological polar surface area (TPSA) is 150 Å². The van der Waals surface area contributed by atoms with Gasteiger partial charge >= 0.3 is 5.97 Å². The van der Waals surface area contributed by atoms with Crippen LogP contribution in [0.15, 0.2) is 121 Å². The third kappa shape index (κ3) is 13.6. The lowest BCUT2D eigenvalue weighted by atomic mass is 9.95. The van der Waals surface area contributed by atoms with Crippen molar-refractivity contribution in [2.45, 2.75) is 138 Å². The Hall–Kier alpha value is -3.80. The van der Waals surface area contributed by atoms with E-state index in [2.05, 4.69) is 0 Å². The summed E-state index contributed by atoms with van der Waals surface area (Å²) in [6.07, 6.45) is -5.48. The molecule has 2 N–H and O–H groups in total. The molecule has 4 aromatic rings. The van der Waals surface area contributed by atoms with Crippen molar-refractivity contribution in [3.63, 3.8) is 0 Å². The normalized spacial score (nSPS) is 28.5. The maximum absolute atomic E-state index is 12.3. The van der Waals surface area contributed by atoms with E-state index < -0.39 is 73.3 Å². The van der Waals surface area contributed by atoms with E-state index >= 15 is 0 Å². The zero-order valence-electron chi connectivity index (χ0n) is 36.2. The highest BCUT2D eigenvalue weighted by atomic mass is 35.5. The van der Waals surface area contributed by atoms with Crippen LogP contribution in [-0.4, -0.2) is 103 Å². The van der Waals surface area contributed by atoms with Gasteiger partial charge in [0.15, 0.2) is 24.4 Å². The van der Waals surface area contributed by atoms with Crippen LogP contribution in [0.3, 0.4) is 0 Å². The van der Waals surface area contributed by atoms with Gasteiger partial charge < -0.3 is 57.6 Å². The van der Waals surface area contributed by atoms with Gasteiger partial charge in [-0.3, -0.25) is 4.79 Å². The number of benzene rings is 4. The second kappa shape index (κ2) is 25.2. The molecule has 0 amide bonds. The van der Waals surface area contributed by atoms with E-state index in [1.54, 1.807) is 0 Å². The van der Waals surface area contributed by atoms with Gasteiger partial charge in [0.05, 0.1) is 33.5 Å². The summed E-state index contributed by atoms with van der Waals surface area (Å²) in [7, 11) is 1.40. The van der Waals surface area contributed by atoms with Crippen LogP contribution in [0, 0.1) is 0 Å². The number of carbonyl (C=O) groups excluding carboxylic acids is 1. The lowest BCUT2D eigenvalue weighted by Crippen LogP contribution is -2.67. The van der Waals surface area contributed by atoms with Gasteiger partial charge in [-0.15, -0.1) is 0 Å². The highest BCUT2D eigenvalue weighted by Gasteiger charge is 2.56. The summed E-state index contributed by atoms with van der Waals surface area (Å²) in [5.74, 6) is -0.195. The number of halogens is 1. The van der Waals surface area contributed by atoms with E-state index in [1.807, 2.05) is 121 Å². The molecule has 3 fully saturated rings. The molecule has 64 heavy (non-hydrogen) atoms. The largest absolute Gasteiger partial charge is 0.469 e. The van der Waals surface area contributed by atoms with Gasteiger partial charge in [0.25, 0.3) is 0 Å². The first-order valence-electron chi connectivity index (χ1n) is 22.3. The zero-order valence-corrected chi connectivity index (χ0v) is 37.0. The number of fused-ring (bicyclic) bond motifs is 1. The van der Waals surface area contributed by atoms with Crippen molar-refractivity contribution in [3.8, 4) is 0 Å². The second-order valence-corrected chi connectivity index (χ2v) is 16.7.